The largest absolute Gasteiger partial charge is 0.360 e. The van der Waals surface area contributed by atoms with E-state index in [9.17, 15) is 13.2 Å². The summed E-state index contributed by atoms with van der Waals surface area (Å²) in [5.41, 5.74) is 7.52. The molecule has 1 heterocycles. The lowest BCUT2D eigenvalue weighted by molar-refractivity contribution is -0.117. The number of carbonyl (C=O) groups excluding carboxylic acids is 1. The van der Waals surface area contributed by atoms with Crippen molar-refractivity contribution < 1.29 is 13.2 Å². The summed E-state index contributed by atoms with van der Waals surface area (Å²) < 4.78 is 26.2. The van der Waals surface area contributed by atoms with E-state index in [1.165, 1.54) is 30.2 Å². The molecule has 0 aliphatic rings. The molecule has 140 valence electrons. The molecule has 0 aliphatic heterocycles. The molecule has 0 radical (unpaired) electrons. The summed E-state index contributed by atoms with van der Waals surface area (Å²) in [5, 5.41) is 0. The van der Waals surface area contributed by atoms with Gasteiger partial charge in [0, 0.05) is 18.7 Å². The van der Waals surface area contributed by atoms with Crippen molar-refractivity contribution in [3.8, 4) is 22.4 Å². The highest BCUT2D eigenvalue weighted by molar-refractivity contribution is 7.90. The molecule has 6 heteroatoms. The highest BCUT2D eigenvalue weighted by atomic mass is 32.2. The van der Waals surface area contributed by atoms with Crippen LogP contribution in [0.5, 0.6) is 0 Å². The maximum atomic E-state index is 12.1. The highest BCUT2D eigenvalue weighted by Crippen LogP contribution is 2.35. The molecule has 3 rings (SSSR count). The van der Waals surface area contributed by atoms with Gasteiger partial charge in [-0.3, -0.25) is 4.79 Å². The summed E-state index contributed by atoms with van der Waals surface area (Å²) in [4.78, 5) is 14.5. The second kappa shape index (κ2) is 7.04. The van der Waals surface area contributed by atoms with Crippen molar-refractivity contribution in [3.63, 3.8) is 0 Å². The molecule has 0 saturated heterocycles. The summed E-state index contributed by atoms with van der Waals surface area (Å²) in [5.74, 6) is -0.613. The van der Waals surface area contributed by atoms with Crippen molar-refractivity contribution in [2.75, 3.05) is 0 Å². The van der Waals surface area contributed by atoms with E-state index in [0.717, 1.165) is 27.9 Å². The summed E-state index contributed by atoms with van der Waals surface area (Å²) in [7, 11) is -3.84. The fraction of sp³-hybridized carbons (Fsp3) is 0.190. The van der Waals surface area contributed by atoms with E-state index in [1.54, 1.807) is 12.1 Å². The van der Waals surface area contributed by atoms with E-state index in [-0.39, 0.29) is 4.90 Å². The summed E-state index contributed by atoms with van der Waals surface area (Å²) in [6, 6.07) is 12.8. The molecule has 0 fully saturated rings. The number of aryl methyl sites for hydroxylation is 3. The van der Waals surface area contributed by atoms with Crippen LogP contribution in [0.2, 0.25) is 0 Å². The van der Waals surface area contributed by atoms with Gasteiger partial charge in [-0.2, -0.15) is 0 Å². The third-order valence-electron chi connectivity index (χ3n) is 4.60. The number of carbonyl (C=O) groups is 1. The number of H-pyrrole nitrogens is 1. The molecule has 2 aromatic carbocycles. The highest BCUT2D eigenvalue weighted by Gasteiger charge is 2.17. The Labute approximate surface area is 159 Å². The lowest BCUT2D eigenvalue weighted by Crippen LogP contribution is -2.28. The summed E-state index contributed by atoms with van der Waals surface area (Å²) >= 11 is 0. The number of hydrogen-bond donors (Lipinski definition) is 2. The third kappa shape index (κ3) is 3.80. The van der Waals surface area contributed by atoms with Crippen LogP contribution in [0.15, 0.2) is 53.6 Å². The van der Waals surface area contributed by atoms with E-state index < -0.39 is 15.9 Å². The van der Waals surface area contributed by atoms with Crippen LogP contribution < -0.4 is 4.72 Å². The maximum absolute atomic E-state index is 12.1. The Morgan fingerprint density at radius 1 is 0.889 bits per heavy atom. The zero-order chi connectivity index (χ0) is 19.8. The first-order valence-corrected chi connectivity index (χ1v) is 10.1. The lowest BCUT2D eigenvalue weighted by Gasteiger charge is -2.10. The number of rotatable bonds is 4. The van der Waals surface area contributed by atoms with Crippen molar-refractivity contribution in [2.45, 2.75) is 32.6 Å². The van der Waals surface area contributed by atoms with Crippen molar-refractivity contribution in [2.24, 2.45) is 0 Å². The van der Waals surface area contributed by atoms with Crippen molar-refractivity contribution in [1.82, 2.24) is 9.71 Å². The van der Waals surface area contributed by atoms with Crippen LogP contribution in [0.1, 0.15) is 23.6 Å². The molecule has 3 aromatic rings. The Bertz CT molecular complexity index is 1110. The maximum Gasteiger partial charge on any atom is 0.264 e. The number of aromatic amines is 1. The number of aromatic nitrogens is 1. The number of sulfonamides is 1. The normalized spacial score (nSPS) is 11.4. The quantitative estimate of drug-likeness (QED) is 0.713. The van der Waals surface area contributed by atoms with Gasteiger partial charge in [-0.25, -0.2) is 13.1 Å². The third-order valence-corrected chi connectivity index (χ3v) is 6.05. The molecule has 5 nitrogen and oxygen atoms in total. The second-order valence-electron chi connectivity index (χ2n) is 6.71. The van der Waals surface area contributed by atoms with E-state index in [1.807, 2.05) is 17.8 Å². The van der Waals surface area contributed by atoms with Gasteiger partial charge in [-0.1, -0.05) is 24.3 Å². The van der Waals surface area contributed by atoms with Gasteiger partial charge in [0.05, 0.1) is 10.6 Å². The Hall–Kier alpha value is -2.86. The first-order chi connectivity index (χ1) is 12.7. The minimum atomic E-state index is -3.84. The molecule has 1 amide bonds. The zero-order valence-corrected chi connectivity index (χ0v) is 16.6. The fourth-order valence-electron chi connectivity index (χ4n) is 3.07. The number of benzene rings is 2. The van der Waals surface area contributed by atoms with Crippen LogP contribution in [0.3, 0.4) is 0 Å². The first kappa shape index (κ1) is 18.9. The molecular formula is C21H22N2O3S. The van der Waals surface area contributed by atoms with E-state index in [0.29, 0.717) is 0 Å². The van der Waals surface area contributed by atoms with E-state index in [2.05, 4.69) is 37.0 Å². The van der Waals surface area contributed by atoms with Crippen LogP contribution in [0, 0.1) is 20.8 Å². The second-order valence-corrected chi connectivity index (χ2v) is 8.39. The van der Waals surface area contributed by atoms with Crippen LogP contribution in [0.4, 0.5) is 0 Å². The van der Waals surface area contributed by atoms with Crippen LogP contribution in [-0.4, -0.2) is 19.3 Å². The van der Waals surface area contributed by atoms with Gasteiger partial charge >= 0.3 is 0 Å². The Morgan fingerprint density at radius 2 is 1.52 bits per heavy atom. The minimum absolute atomic E-state index is 0.0577. The van der Waals surface area contributed by atoms with Gasteiger partial charge in [0.15, 0.2) is 0 Å². The van der Waals surface area contributed by atoms with Crippen molar-refractivity contribution >= 4 is 15.9 Å². The van der Waals surface area contributed by atoms with Gasteiger partial charge in [-0.05, 0) is 66.8 Å². The minimum Gasteiger partial charge on any atom is -0.360 e. The van der Waals surface area contributed by atoms with Gasteiger partial charge in [0.25, 0.3) is 10.0 Å². The van der Waals surface area contributed by atoms with Crippen molar-refractivity contribution in [3.05, 3.63) is 65.4 Å². The average molecular weight is 382 g/mol. The van der Waals surface area contributed by atoms with Crippen LogP contribution in [-0.2, 0) is 14.8 Å². The summed E-state index contributed by atoms with van der Waals surface area (Å²) in [6.07, 6.45) is 1.95. The molecule has 0 saturated carbocycles. The van der Waals surface area contributed by atoms with Gasteiger partial charge in [0.1, 0.15) is 0 Å². The molecule has 1 aromatic heterocycles. The molecule has 0 atom stereocenters. The SMILES string of the molecule is CC(=O)NS(=O)(=O)c1ccc(-c2c(C)c[nH]c2-c2ccc(C)c(C)c2)cc1. The molecule has 27 heavy (non-hydrogen) atoms. The molecule has 0 bridgehead atoms. The topological polar surface area (TPSA) is 79.0 Å². The van der Waals surface area contributed by atoms with Gasteiger partial charge in [0.2, 0.25) is 5.91 Å². The monoisotopic (exact) mass is 382 g/mol. The van der Waals surface area contributed by atoms with Gasteiger partial charge in [-0.15, -0.1) is 0 Å². The lowest BCUT2D eigenvalue weighted by atomic mass is 9.96. The van der Waals surface area contributed by atoms with Crippen molar-refractivity contribution in [1.29, 1.82) is 0 Å². The smallest absolute Gasteiger partial charge is 0.264 e. The molecule has 2 N–H and O–H groups in total. The predicted octanol–water partition coefficient (Wildman–Crippen LogP) is 4.10. The van der Waals surface area contributed by atoms with E-state index >= 15 is 0 Å². The Morgan fingerprint density at radius 3 is 2.11 bits per heavy atom. The number of amides is 1. The molecule has 0 spiro atoms. The Balaban J connectivity index is 2.04. The average Bonchev–Trinajstić information content (AvgIpc) is 2.98. The fourth-order valence-corrected chi connectivity index (χ4v) is 4.06. The van der Waals surface area contributed by atoms with Crippen LogP contribution >= 0.6 is 0 Å². The molecule has 0 aliphatic carbocycles. The number of nitrogens with one attached hydrogen (secondary N) is 2. The Kier molecular flexibility index (Phi) is 4.93. The molecule has 0 unspecified atom stereocenters. The van der Waals surface area contributed by atoms with Crippen LogP contribution in [0.25, 0.3) is 22.4 Å². The predicted molar refractivity (Wildman–Crippen MR) is 107 cm³/mol. The number of hydrogen-bond acceptors (Lipinski definition) is 3. The van der Waals surface area contributed by atoms with E-state index in [4.69, 9.17) is 0 Å². The summed E-state index contributed by atoms with van der Waals surface area (Å²) in [6.45, 7) is 7.34. The molecular weight excluding hydrogens is 360 g/mol. The van der Waals surface area contributed by atoms with Gasteiger partial charge < -0.3 is 4.98 Å². The standard InChI is InChI=1S/C21H22N2O3S/c1-13-5-6-18(11-14(13)2)21-20(15(3)12-22-21)17-7-9-19(10-8-17)27(25,26)23-16(4)24/h5-12,22H,1-4H3,(H,23,24). The zero-order valence-electron chi connectivity index (χ0n) is 15.8. The first-order valence-electron chi connectivity index (χ1n) is 8.58.